The first kappa shape index (κ1) is 15.7. The molecule has 2 aliphatic heterocycles. The van der Waals surface area contributed by atoms with Crippen molar-refractivity contribution in [3.63, 3.8) is 0 Å². The van der Waals surface area contributed by atoms with Crippen LogP contribution in [0.5, 0.6) is 0 Å². The maximum absolute atomic E-state index is 11.7. The van der Waals surface area contributed by atoms with Crippen molar-refractivity contribution in [2.75, 3.05) is 26.2 Å². The molecule has 2 rings (SSSR count). The van der Waals surface area contributed by atoms with E-state index in [9.17, 15) is 14.4 Å². The normalized spacial score (nSPS) is 21.3. The Kier molecular flexibility index (Phi) is 5.92. The Morgan fingerprint density at radius 3 is 2.67 bits per heavy atom. The van der Waals surface area contributed by atoms with E-state index < -0.39 is 0 Å². The fourth-order valence-corrected chi connectivity index (χ4v) is 2.62. The Labute approximate surface area is 124 Å². The molecule has 2 N–H and O–H groups in total. The third kappa shape index (κ3) is 4.97. The van der Waals surface area contributed by atoms with E-state index in [1.54, 1.807) is 0 Å². The molecule has 2 aliphatic rings. The molecule has 116 valence electrons. The number of nitrogens with one attached hydrogen (secondary N) is 2. The van der Waals surface area contributed by atoms with Gasteiger partial charge in [-0.05, 0) is 38.3 Å². The monoisotopic (exact) mass is 293 g/mol. The van der Waals surface area contributed by atoms with Crippen LogP contribution in [-0.4, -0.2) is 48.8 Å². The van der Waals surface area contributed by atoms with Gasteiger partial charge in [-0.25, -0.2) is 0 Å². The average Bonchev–Trinajstić information content (AvgIpc) is 3.09. The first-order valence-corrected chi connectivity index (χ1v) is 7.68. The molecule has 0 aromatic rings. The fraction of sp³-hybridized carbons (Fsp3) is 0.667. The van der Waals surface area contributed by atoms with E-state index in [0.29, 0.717) is 18.9 Å². The van der Waals surface area contributed by atoms with E-state index in [2.05, 4.69) is 10.6 Å². The zero-order chi connectivity index (χ0) is 15.1. The number of unbranched alkanes of at least 4 members (excludes halogenated alkanes) is 2. The second-order valence-electron chi connectivity index (χ2n) is 5.64. The maximum Gasteiger partial charge on any atom is 0.253 e. The van der Waals surface area contributed by atoms with Gasteiger partial charge in [-0.3, -0.25) is 19.3 Å². The van der Waals surface area contributed by atoms with E-state index >= 15 is 0 Å². The van der Waals surface area contributed by atoms with Crippen LogP contribution in [0.3, 0.4) is 0 Å². The maximum atomic E-state index is 11.7. The second-order valence-corrected chi connectivity index (χ2v) is 5.64. The topological polar surface area (TPSA) is 78.5 Å². The van der Waals surface area contributed by atoms with E-state index in [-0.39, 0.29) is 17.7 Å². The summed E-state index contributed by atoms with van der Waals surface area (Å²) in [6.45, 7) is 3.24. The molecular weight excluding hydrogens is 270 g/mol. The van der Waals surface area contributed by atoms with Crippen molar-refractivity contribution in [3.05, 3.63) is 12.2 Å². The van der Waals surface area contributed by atoms with Gasteiger partial charge in [-0.15, -0.1) is 0 Å². The zero-order valence-corrected chi connectivity index (χ0v) is 12.3. The van der Waals surface area contributed by atoms with Crippen molar-refractivity contribution in [1.29, 1.82) is 0 Å². The van der Waals surface area contributed by atoms with Crippen molar-refractivity contribution in [1.82, 2.24) is 15.5 Å². The van der Waals surface area contributed by atoms with Gasteiger partial charge in [-0.2, -0.15) is 0 Å². The lowest BCUT2D eigenvalue weighted by Crippen LogP contribution is -2.31. The molecule has 0 radical (unpaired) electrons. The number of imide groups is 1. The third-order valence-corrected chi connectivity index (χ3v) is 3.94. The van der Waals surface area contributed by atoms with Gasteiger partial charge >= 0.3 is 0 Å². The lowest BCUT2D eigenvalue weighted by Gasteiger charge is -2.13. The van der Waals surface area contributed by atoms with Gasteiger partial charge in [0.2, 0.25) is 5.91 Å². The Balaban J connectivity index is 1.48. The molecule has 0 aromatic heterocycles. The summed E-state index contributed by atoms with van der Waals surface area (Å²) >= 11 is 0. The molecule has 0 aromatic carbocycles. The molecule has 6 nitrogen and oxygen atoms in total. The van der Waals surface area contributed by atoms with Gasteiger partial charge in [0.25, 0.3) is 11.8 Å². The van der Waals surface area contributed by atoms with Crippen molar-refractivity contribution in [2.24, 2.45) is 5.92 Å². The Bertz CT molecular complexity index is 410. The third-order valence-electron chi connectivity index (χ3n) is 3.94. The number of amides is 3. The van der Waals surface area contributed by atoms with Crippen LogP contribution < -0.4 is 10.6 Å². The number of nitrogens with zero attached hydrogens (tertiary/aromatic N) is 1. The molecule has 0 spiro atoms. The Morgan fingerprint density at radius 2 is 2.00 bits per heavy atom. The van der Waals surface area contributed by atoms with E-state index in [0.717, 1.165) is 45.3 Å². The van der Waals surface area contributed by atoms with Gasteiger partial charge in [0.15, 0.2) is 0 Å². The molecule has 2 heterocycles. The second kappa shape index (κ2) is 7.93. The predicted molar refractivity (Wildman–Crippen MR) is 78.3 cm³/mol. The van der Waals surface area contributed by atoms with Gasteiger partial charge in [-0.1, -0.05) is 6.42 Å². The van der Waals surface area contributed by atoms with Crippen LogP contribution >= 0.6 is 0 Å². The number of carbonyl (C=O) groups is 3. The largest absolute Gasteiger partial charge is 0.356 e. The lowest BCUT2D eigenvalue weighted by atomic mass is 10.1. The van der Waals surface area contributed by atoms with Crippen molar-refractivity contribution in [3.8, 4) is 0 Å². The minimum atomic E-state index is -0.233. The molecule has 21 heavy (non-hydrogen) atoms. The SMILES string of the molecule is O=C(CCCCCN1C(=O)C=CC1=O)NC[C@@H]1CCNC1. The van der Waals surface area contributed by atoms with E-state index in [1.807, 2.05) is 0 Å². The van der Waals surface area contributed by atoms with Gasteiger partial charge in [0.1, 0.15) is 0 Å². The first-order chi connectivity index (χ1) is 10.2. The summed E-state index contributed by atoms with van der Waals surface area (Å²) in [4.78, 5) is 35.5. The van der Waals surface area contributed by atoms with Crippen LogP contribution in [0.4, 0.5) is 0 Å². The van der Waals surface area contributed by atoms with E-state index in [4.69, 9.17) is 0 Å². The molecular formula is C15H23N3O3. The Morgan fingerprint density at radius 1 is 1.24 bits per heavy atom. The highest BCUT2D eigenvalue weighted by Gasteiger charge is 2.22. The summed E-state index contributed by atoms with van der Waals surface area (Å²) in [6, 6.07) is 0. The minimum Gasteiger partial charge on any atom is -0.356 e. The smallest absolute Gasteiger partial charge is 0.253 e. The first-order valence-electron chi connectivity index (χ1n) is 7.68. The quantitative estimate of drug-likeness (QED) is 0.495. The predicted octanol–water partition coefficient (Wildman–Crippen LogP) is 0.198. The molecule has 0 aliphatic carbocycles. The molecule has 1 fully saturated rings. The van der Waals surface area contributed by atoms with E-state index in [1.165, 1.54) is 17.1 Å². The molecule has 3 amide bonds. The molecule has 1 atom stereocenters. The van der Waals surface area contributed by atoms with Crippen LogP contribution in [-0.2, 0) is 14.4 Å². The van der Waals surface area contributed by atoms with Gasteiger partial charge in [0.05, 0.1) is 0 Å². The minimum absolute atomic E-state index is 0.0943. The van der Waals surface area contributed by atoms with Crippen LogP contribution in [0.15, 0.2) is 12.2 Å². The van der Waals surface area contributed by atoms with Crippen molar-refractivity contribution in [2.45, 2.75) is 32.1 Å². The average molecular weight is 293 g/mol. The molecule has 0 unspecified atom stereocenters. The van der Waals surface area contributed by atoms with Crippen LogP contribution in [0.1, 0.15) is 32.1 Å². The highest BCUT2D eigenvalue weighted by atomic mass is 16.2. The highest BCUT2D eigenvalue weighted by Crippen LogP contribution is 2.08. The standard InChI is InChI=1S/C15H23N3O3/c19-13(17-11-12-7-8-16-10-12)4-2-1-3-9-18-14(20)5-6-15(18)21/h5-6,12,16H,1-4,7-11H2,(H,17,19)/t12-/m1/s1. The summed E-state index contributed by atoms with van der Waals surface area (Å²) in [6.07, 6.45) is 6.63. The molecule has 1 saturated heterocycles. The fourth-order valence-electron chi connectivity index (χ4n) is 2.62. The molecule has 0 saturated carbocycles. The number of rotatable bonds is 8. The lowest BCUT2D eigenvalue weighted by molar-refractivity contribution is -0.136. The molecule has 6 heteroatoms. The van der Waals surface area contributed by atoms with Crippen molar-refractivity contribution < 1.29 is 14.4 Å². The zero-order valence-electron chi connectivity index (χ0n) is 12.3. The summed E-state index contributed by atoms with van der Waals surface area (Å²) in [5.41, 5.74) is 0. The van der Waals surface area contributed by atoms with Gasteiger partial charge < -0.3 is 10.6 Å². The number of carbonyl (C=O) groups excluding carboxylic acids is 3. The summed E-state index contributed by atoms with van der Waals surface area (Å²) in [7, 11) is 0. The Hall–Kier alpha value is -1.69. The van der Waals surface area contributed by atoms with Crippen LogP contribution in [0, 0.1) is 5.92 Å². The van der Waals surface area contributed by atoms with Crippen molar-refractivity contribution >= 4 is 17.7 Å². The number of hydrogen-bond donors (Lipinski definition) is 2. The summed E-state index contributed by atoms with van der Waals surface area (Å²) < 4.78 is 0. The summed E-state index contributed by atoms with van der Waals surface area (Å²) in [5.74, 6) is 0.191. The van der Waals surface area contributed by atoms with Gasteiger partial charge in [0, 0.05) is 31.7 Å². The number of hydrogen-bond acceptors (Lipinski definition) is 4. The van der Waals surface area contributed by atoms with Crippen LogP contribution in [0.2, 0.25) is 0 Å². The highest BCUT2D eigenvalue weighted by molar-refractivity contribution is 6.12. The molecule has 0 bridgehead atoms. The van der Waals surface area contributed by atoms with Crippen LogP contribution in [0.25, 0.3) is 0 Å². The summed E-state index contributed by atoms with van der Waals surface area (Å²) in [5, 5.41) is 6.24.